The molecule has 1 aromatic carbocycles. The zero-order valence-corrected chi connectivity index (χ0v) is 13.0. The van der Waals surface area contributed by atoms with Crippen molar-refractivity contribution in [1.29, 1.82) is 0 Å². The summed E-state index contributed by atoms with van der Waals surface area (Å²) in [5.41, 5.74) is 1.85. The minimum absolute atomic E-state index is 0.0635. The Morgan fingerprint density at radius 3 is 2.71 bits per heavy atom. The number of aliphatic hydroxyl groups is 1. The van der Waals surface area contributed by atoms with E-state index in [1.807, 2.05) is 32.0 Å². The molecule has 1 rings (SSSR count). The summed E-state index contributed by atoms with van der Waals surface area (Å²) in [6.45, 7) is 5.74. The van der Waals surface area contributed by atoms with Crippen molar-refractivity contribution in [2.75, 3.05) is 26.9 Å². The maximum atomic E-state index is 8.77. The molecule has 0 aliphatic rings. The summed E-state index contributed by atoms with van der Waals surface area (Å²) < 4.78 is 16.3. The number of benzene rings is 1. The van der Waals surface area contributed by atoms with E-state index in [9.17, 15) is 0 Å². The first-order valence-electron chi connectivity index (χ1n) is 7.13. The molecule has 0 fully saturated rings. The fraction of sp³-hybridized carbons (Fsp3) is 0.529. The minimum atomic E-state index is 0.0635. The summed E-state index contributed by atoms with van der Waals surface area (Å²) in [5.74, 6) is 6.64. The quantitative estimate of drug-likeness (QED) is 0.590. The Bertz CT molecular complexity index is 471. The molecule has 1 N–H and O–H groups in total. The van der Waals surface area contributed by atoms with Crippen molar-refractivity contribution in [2.45, 2.75) is 33.0 Å². The van der Waals surface area contributed by atoms with Gasteiger partial charge >= 0.3 is 0 Å². The van der Waals surface area contributed by atoms with Crippen LogP contribution in [0.2, 0.25) is 0 Å². The smallest absolute Gasteiger partial charge is 0.134 e. The van der Waals surface area contributed by atoms with Gasteiger partial charge in [-0.2, -0.15) is 0 Å². The fourth-order valence-corrected chi connectivity index (χ4v) is 1.69. The average molecular weight is 292 g/mol. The summed E-state index contributed by atoms with van der Waals surface area (Å²) in [6.07, 6.45) is 0.680. The van der Waals surface area contributed by atoms with E-state index in [2.05, 4.69) is 11.8 Å². The van der Waals surface area contributed by atoms with Gasteiger partial charge in [0.2, 0.25) is 0 Å². The van der Waals surface area contributed by atoms with E-state index in [-0.39, 0.29) is 12.7 Å². The molecule has 4 heteroatoms. The molecule has 0 atom stereocenters. The predicted octanol–water partition coefficient (Wildman–Crippen LogP) is 2.37. The SMILES string of the molecule is COc1ccc(COCCOC(C)C)cc1C#CCCO. The topological polar surface area (TPSA) is 47.9 Å². The number of methoxy groups -OCH3 is 1. The third-order valence-electron chi connectivity index (χ3n) is 2.67. The molecule has 116 valence electrons. The number of aliphatic hydroxyl groups excluding tert-OH is 1. The maximum absolute atomic E-state index is 8.77. The van der Waals surface area contributed by atoms with Gasteiger partial charge in [0, 0.05) is 6.42 Å². The highest BCUT2D eigenvalue weighted by Gasteiger charge is 2.02. The van der Waals surface area contributed by atoms with Crippen LogP contribution in [0.5, 0.6) is 5.75 Å². The zero-order chi connectivity index (χ0) is 15.5. The zero-order valence-electron chi connectivity index (χ0n) is 13.0. The van der Waals surface area contributed by atoms with Crippen LogP contribution in [0.25, 0.3) is 0 Å². The van der Waals surface area contributed by atoms with Crippen molar-refractivity contribution in [3.63, 3.8) is 0 Å². The largest absolute Gasteiger partial charge is 0.495 e. The Hall–Kier alpha value is -1.54. The maximum Gasteiger partial charge on any atom is 0.134 e. The highest BCUT2D eigenvalue weighted by atomic mass is 16.5. The van der Waals surface area contributed by atoms with Gasteiger partial charge in [-0.3, -0.25) is 0 Å². The van der Waals surface area contributed by atoms with Gasteiger partial charge < -0.3 is 19.3 Å². The molecule has 0 aromatic heterocycles. The van der Waals surface area contributed by atoms with Crippen LogP contribution >= 0.6 is 0 Å². The third kappa shape index (κ3) is 7.14. The van der Waals surface area contributed by atoms with Gasteiger partial charge in [-0.15, -0.1) is 0 Å². The normalized spacial score (nSPS) is 10.3. The lowest BCUT2D eigenvalue weighted by atomic mass is 10.1. The van der Waals surface area contributed by atoms with Crippen LogP contribution in [0.15, 0.2) is 18.2 Å². The van der Waals surface area contributed by atoms with Crippen LogP contribution in [0.1, 0.15) is 31.4 Å². The minimum Gasteiger partial charge on any atom is -0.495 e. The van der Waals surface area contributed by atoms with Crippen LogP contribution in [0.3, 0.4) is 0 Å². The second-order valence-electron chi connectivity index (χ2n) is 4.78. The van der Waals surface area contributed by atoms with Gasteiger partial charge in [0.05, 0.1) is 45.2 Å². The van der Waals surface area contributed by atoms with Crippen LogP contribution in [0.4, 0.5) is 0 Å². The Morgan fingerprint density at radius 2 is 2.05 bits per heavy atom. The van der Waals surface area contributed by atoms with Gasteiger partial charge in [-0.1, -0.05) is 17.9 Å². The molecular formula is C17H24O4. The summed E-state index contributed by atoms with van der Waals surface area (Å²) in [4.78, 5) is 0. The van der Waals surface area contributed by atoms with Gasteiger partial charge in [-0.25, -0.2) is 0 Å². The summed E-state index contributed by atoms with van der Waals surface area (Å²) in [7, 11) is 1.62. The first-order chi connectivity index (χ1) is 10.2. The monoisotopic (exact) mass is 292 g/mol. The average Bonchev–Trinajstić information content (AvgIpc) is 2.47. The van der Waals surface area contributed by atoms with E-state index in [4.69, 9.17) is 19.3 Å². The Morgan fingerprint density at radius 1 is 1.24 bits per heavy atom. The lowest BCUT2D eigenvalue weighted by Gasteiger charge is -2.09. The molecule has 0 bridgehead atoms. The molecule has 0 saturated heterocycles. The Balaban J connectivity index is 2.55. The first-order valence-corrected chi connectivity index (χ1v) is 7.13. The van der Waals surface area contributed by atoms with Gasteiger partial charge in [0.25, 0.3) is 0 Å². The molecule has 0 amide bonds. The molecule has 21 heavy (non-hydrogen) atoms. The number of ether oxygens (including phenoxy) is 3. The number of hydrogen-bond donors (Lipinski definition) is 1. The first kappa shape index (κ1) is 17.5. The van der Waals surface area contributed by atoms with Crippen molar-refractivity contribution < 1.29 is 19.3 Å². The van der Waals surface area contributed by atoms with Crippen molar-refractivity contribution in [1.82, 2.24) is 0 Å². The van der Waals surface area contributed by atoms with E-state index < -0.39 is 0 Å². The molecule has 0 aliphatic heterocycles. The third-order valence-corrected chi connectivity index (χ3v) is 2.67. The van der Waals surface area contributed by atoms with Crippen LogP contribution < -0.4 is 4.74 Å². The van der Waals surface area contributed by atoms with Crippen LogP contribution in [-0.4, -0.2) is 38.1 Å². The Kier molecular flexibility index (Phi) is 8.53. The summed E-state index contributed by atoms with van der Waals surface area (Å²) in [6, 6.07) is 5.79. The molecule has 0 radical (unpaired) electrons. The van der Waals surface area contributed by atoms with Crippen LogP contribution in [-0.2, 0) is 16.1 Å². The van der Waals surface area contributed by atoms with Gasteiger partial charge in [0.15, 0.2) is 0 Å². The van der Waals surface area contributed by atoms with Gasteiger partial charge in [-0.05, 0) is 31.5 Å². The van der Waals surface area contributed by atoms with Crippen molar-refractivity contribution in [3.05, 3.63) is 29.3 Å². The molecule has 1 aromatic rings. The standard InChI is InChI=1S/C17H24O4/c1-14(2)21-11-10-20-13-15-7-8-17(19-3)16(12-15)6-4-5-9-18/h7-8,12,14,18H,5,9-11,13H2,1-3H3. The highest BCUT2D eigenvalue weighted by molar-refractivity contribution is 5.48. The van der Waals surface area contributed by atoms with E-state index in [0.717, 1.165) is 16.9 Å². The summed E-state index contributed by atoms with van der Waals surface area (Å²) >= 11 is 0. The van der Waals surface area contributed by atoms with E-state index >= 15 is 0 Å². The molecule has 4 nitrogen and oxygen atoms in total. The van der Waals surface area contributed by atoms with Crippen molar-refractivity contribution in [2.24, 2.45) is 0 Å². The highest BCUT2D eigenvalue weighted by Crippen LogP contribution is 2.19. The lowest BCUT2D eigenvalue weighted by Crippen LogP contribution is -2.09. The second-order valence-corrected chi connectivity index (χ2v) is 4.78. The van der Waals surface area contributed by atoms with Crippen LogP contribution in [0, 0.1) is 11.8 Å². The molecule has 0 aliphatic carbocycles. The number of rotatable bonds is 8. The number of hydrogen-bond acceptors (Lipinski definition) is 4. The molecule has 0 unspecified atom stereocenters. The van der Waals surface area contributed by atoms with E-state index in [1.54, 1.807) is 7.11 Å². The van der Waals surface area contributed by atoms with Crippen molar-refractivity contribution in [3.8, 4) is 17.6 Å². The van der Waals surface area contributed by atoms with E-state index in [0.29, 0.717) is 26.2 Å². The molecule has 0 heterocycles. The summed E-state index contributed by atoms with van der Waals surface area (Å²) in [5, 5.41) is 8.77. The Labute approximate surface area is 127 Å². The molecular weight excluding hydrogens is 268 g/mol. The van der Waals surface area contributed by atoms with Crippen molar-refractivity contribution >= 4 is 0 Å². The van der Waals surface area contributed by atoms with E-state index in [1.165, 1.54) is 0 Å². The second kappa shape index (κ2) is 10.2. The lowest BCUT2D eigenvalue weighted by molar-refractivity contribution is 0.0143. The predicted molar refractivity (Wildman–Crippen MR) is 82.3 cm³/mol. The molecule has 0 saturated carbocycles. The fourth-order valence-electron chi connectivity index (χ4n) is 1.69. The van der Waals surface area contributed by atoms with Gasteiger partial charge in [0.1, 0.15) is 5.75 Å². The molecule has 0 spiro atoms.